The number of carbonyl (C=O) groups is 1. The standard InChI is InChI=1S/C20H18ClFN2O2/c1-12-9-13(2)20(16(21)10-12)24-18(25)7-8-19-23-11-17(26-19)14-3-5-15(22)6-4-14/h3-6,9-11H,7-8H2,1-2H3,(H,24,25). The van der Waals surface area contributed by atoms with Crippen LogP contribution in [-0.4, -0.2) is 10.9 Å². The first kappa shape index (κ1) is 18.1. The van der Waals surface area contributed by atoms with E-state index in [9.17, 15) is 9.18 Å². The molecule has 0 radical (unpaired) electrons. The second kappa shape index (κ2) is 7.70. The fraction of sp³-hybridized carbons (Fsp3) is 0.200. The van der Waals surface area contributed by atoms with Crippen molar-refractivity contribution in [3.05, 3.63) is 70.5 Å². The minimum atomic E-state index is -0.310. The highest BCUT2D eigenvalue weighted by Gasteiger charge is 2.12. The van der Waals surface area contributed by atoms with E-state index in [4.69, 9.17) is 16.0 Å². The molecule has 1 N–H and O–H groups in total. The molecule has 0 aliphatic rings. The summed E-state index contributed by atoms with van der Waals surface area (Å²) in [7, 11) is 0. The third-order valence-electron chi connectivity index (χ3n) is 3.94. The largest absolute Gasteiger partial charge is 0.441 e. The van der Waals surface area contributed by atoms with Crippen LogP contribution >= 0.6 is 11.6 Å². The zero-order valence-corrected chi connectivity index (χ0v) is 15.2. The highest BCUT2D eigenvalue weighted by atomic mass is 35.5. The number of anilines is 1. The van der Waals surface area contributed by atoms with Gasteiger partial charge in [0.2, 0.25) is 5.91 Å². The molecule has 0 aliphatic carbocycles. The summed E-state index contributed by atoms with van der Waals surface area (Å²) in [5.41, 5.74) is 3.31. The second-order valence-electron chi connectivity index (χ2n) is 6.11. The van der Waals surface area contributed by atoms with Crippen LogP contribution in [0.25, 0.3) is 11.3 Å². The Labute approximate surface area is 156 Å². The van der Waals surface area contributed by atoms with Gasteiger partial charge in [-0.15, -0.1) is 0 Å². The summed E-state index contributed by atoms with van der Waals surface area (Å²) < 4.78 is 18.6. The molecule has 0 atom stereocenters. The number of oxazole rings is 1. The lowest BCUT2D eigenvalue weighted by Gasteiger charge is -2.11. The van der Waals surface area contributed by atoms with E-state index < -0.39 is 0 Å². The van der Waals surface area contributed by atoms with Gasteiger partial charge >= 0.3 is 0 Å². The Kier molecular flexibility index (Phi) is 5.38. The van der Waals surface area contributed by atoms with E-state index in [0.717, 1.165) is 16.7 Å². The summed E-state index contributed by atoms with van der Waals surface area (Å²) in [6.45, 7) is 3.85. The number of rotatable bonds is 5. The lowest BCUT2D eigenvalue weighted by Crippen LogP contribution is -2.13. The van der Waals surface area contributed by atoms with E-state index in [0.29, 0.717) is 28.8 Å². The molecule has 0 spiro atoms. The van der Waals surface area contributed by atoms with Gasteiger partial charge in [0.25, 0.3) is 0 Å². The number of nitrogens with one attached hydrogen (secondary N) is 1. The van der Waals surface area contributed by atoms with E-state index in [-0.39, 0.29) is 18.1 Å². The second-order valence-corrected chi connectivity index (χ2v) is 6.52. The summed E-state index contributed by atoms with van der Waals surface area (Å²) in [4.78, 5) is 16.4. The van der Waals surface area contributed by atoms with Crippen LogP contribution in [0.15, 0.2) is 47.0 Å². The molecule has 1 amide bonds. The minimum Gasteiger partial charge on any atom is -0.441 e. The van der Waals surface area contributed by atoms with Crippen LogP contribution in [0.1, 0.15) is 23.4 Å². The van der Waals surface area contributed by atoms with Gasteiger partial charge in [0.15, 0.2) is 11.7 Å². The first-order valence-electron chi connectivity index (χ1n) is 8.19. The molecule has 2 aromatic carbocycles. The van der Waals surface area contributed by atoms with Crippen molar-refractivity contribution in [1.29, 1.82) is 0 Å². The SMILES string of the molecule is Cc1cc(C)c(NC(=O)CCc2ncc(-c3ccc(F)cc3)o2)c(Cl)c1. The summed E-state index contributed by atoms with van der Waals surface area (Å²) in [6.07, 6.45) is 2.14. The molecule has 6 heteroatoms. The van der Waals surface area contributed by atoms with Crippen LogP contribution in [0.4, 0.5) is 10.1 Å². The molecule has 3 aromatic rings. The lowest BCUT2D eigenvalue weighted by molar-refractivity contribution is -0.116. The maximum atomic E-state index is 13.0. The number of benzene rings is 2. The molecule has 1 heterocycles. The van der Waals surface area contributed by atoms with Gasteiger partial charge in [0.05, 0.1) is 16.9 Å². The molecular formula is C20H18ClFN2O2. The van der Waals surface area contributed by atoms with E-state index in [1.54, 1.807) is 18.3 Å². The molecule has 1 aromatic heterocycles. The molecule has 0 saturated heterocycles. The molecule has 4 nitrogen and oxygen atoms in total. The number of amides is 1. The molecular weight excluding hydrogens is 355 g/mol. The maximum absolute atomic E-state index is 13.0. The number of carbonyl (C=O) groups excluding carboxylic acids is 1. The van der Waals surface area contributed by atoms with Gasteiger partial charge in [-0.1, -0.05) is 17.7 Å². The van der Waals surface area contributed by atoms with Gasteiger partial charge < -0.3 is 9.73 Å². The van der Waals surface area contributed by atoms with Crippen LogP contribution in [0.2, 0.25) is 5.02 Å². The summed E-state index contributed by atoms with van der Waals surface area (Å²) in [5, 5.41) is 3.36. The first-order chi connectivity index (χ1) is 12.4. The quantitative estimate of drug-likeness (QED) is 0.659. The molecule has 0 bridgehead atoms. The molecule has 0 saturated carbocycles. The van der Waals surface area contributed by atoms with Crippen LogP contribution in [-0.2, 0) is 11.2 Å². The molecule has 26 heavy (non-hydrogen) atoms. The van der Waals surface area contributed by atoms with Crippen molar-refractivity contribution in [2.45, 2.75) is 26.7 Å². The molecule has 134 valence electrons. The van der Waals surface area contributed by atoms with Crippen molar-refractivity contribution in [3.8, 4) is 11.3 Å². The molecule has 0 unspecified atom stereocenters. The van der Waals surface area contributed by atoms with Gasteiger partial charge in [-0.2, -0.15) is 0 Å². The third kappa shape index (κ3) is 4.29. The average Bonchev–Trinajstić information content (AvgIpc) is 3.06. The van der Waals surface area contributed by atoms with Crippen molar-refractivity contribution < 1.29 is 13.6 Å². The Morgan fingerprint density at radius 3 is 2.65 bits per heavy atom. The van der Waals surface area contributed by atoms with Gasteiger partial charge in [-0.3, -0.25) is 4.79 Å². The summed E-state index contributed by atoms with van der Waals surface area (Å²) in [6, 6.07) is 9.73. The Balaban J connectivity index is 1.61. The highest BCUT2D eigenvalue weighted by molar-refractivity contribution is 6.34. The van der Waals surface area contributed by atoms with Crippen molar-refractivity contribution >= 4 is 23.2 Å². The van der Waals surface area contributed by atoms with Crippen molar-refractivity contribution in [2.75, 3.05) is 5.32 Å². The van der Waals surface area contributed by atoms with E-state index >= 15 is 0 Å². The number of aromatic nitrogens is 1. The van der Waals surface area contributed by atoms with E-state index in [1.165, 1.54) is 12.1 Å². The van der Waals surface area contributed by atoms with Crippen LogP contribution in [0, 0.1) is 19.7 Å². The maximum Gasteiger partial charge on any atom is 0.224 e. The Bertz CT molecular complexity index is 912. The number of hydrogen-bond donors (Lipinski definition) is 1. The Morgan fingerprint density at radius 1 is 1.23 bits per heavy atom. The minimum absolute atomic E-state index is 0.166. The molecule has 0 aliphatic heterocycles. The van der Waals surface area contributed by atoms with Gasteiger partial charge in [0.1, 0.15) is 5.82 Å². The highest BCUT2D eigenvalue weighted by Crippen LogP contribution is 2.27. The van der Waals surface area contributed by atoms with Crippen LogP contribution in [0.5, 0.6) is 0 Å². The van der Waals surface area contributed by atoms with Crippen LogP contribution < -0.4 is 5.32 Å². The fourth-order valence-electron chi connectivity index (χ4n) is 2.67. The fourth-order valence-corrected chi connectivity index (χ4v) is 3.04. The Morgan fingerprint density at radius 2 is 1.96 bits per heavy atom. The Hall–Kier alpha value is -2.66. The monoisotopic (exact) mass is 372 g/mol. The molecule has 3 rings (SSSR count). The first-order valence-corrected chi connectivity index (χ1v) is 8.57. The smallest absolute Gasteiger partial charge is 0.224 e. The number of hydrogen-bond acceptors (Lipinski definition) is 3. The summed E-state index contributed by atoms with van der Waals surface area (Å²) in [5.74, 6) is 0.514. The predicted octanol–water partition coefficient (Wildman–Crippen LogP) is 5.32. The summed E-state index contributed by atoms with van der Waals surface area (Å²) >= 11 is 6.21. The van der Waals surface area contributed by atoms with Gasteiger partial charge in [-0.05, 0) is 55.3 Å². The normalized spacial score (nSPS) is 10.8. The van der Waals surface area contributed by atoms with Crippen molar-refractivity contribution in [2.24, 2.45) is 0 Å². The predicted molar refractivity (Wildman–Crippen MR) is 99.8 cm³/mol. The molecule has 0 fully saturated rings. The van der Waals surface area contributed by atoms with Crippen molar-refractivity contribution in [3.63, 3.8) is 0 Å². The van der Waals surface area contributed by atoms with Crippen molar-refractivity contribution in [1.82, 2.24) is 4.98 Å². The van der Waals surface area contributed by atoms with Crippen LogP contribution in [0.3, 0.4) is 0 Å². The topological polar surface area (TPSA) is 55.1 Å². The zero-order valence-electron chi connectivity index (χ0n) is 14.5. The van der Waals surface area contributed by atoms with Gasteiger partial charge in [-0.25, -0.2) is 9.37 Å². The number of aryl methyl sites for hydroxylation is 3. The lowest BCUT2D eigenvalue weighted by atomic mass is 10.1. The van der Waals surface area contributed by atoms with E-state index in [1.807, 2.05) is 26.0 Å². The van der Waals surface area contributed by atoms with E-state index in [2.05, 4.69) is 10.3 Å². The van der Waals surface area contributed by atoms with Gasteiger partial charge in [0, 0.05) is 18.4 Å². The third-order valence-corrected chi connectivity index (χ3v) is 4.24. The number of halogens is 2. The zero-order chi connectivity index (χ0) is 18.7. The number of nitrogens with zero attached hydrogens (tertiary/aromatic N) is 1. The average molecular weight is 373 g/mol.